The summed E-state index contributed by atoms with van der Waals surface area (Å²) < 4.78 is 42.7. The van der Waals surface area contributed by atoms with Gasteiger partial charge in [0.15, 0.2) is 11.5 Å². The van der Waals surface area contributed by atoms with Gasteiger partial charge in [-0.05, 0) is 93.1 Å². The second-order valence-corrected chi connectivity index (χ2v) is 12.1. The van der Waals surface area contributed by atoms with Gasteiger partial charge in [0.2, 0.25) is 5.91 Å². The van der Waals surface area contributed by atoms with Crippen LogP contribution in [0.4, 0.5) is 8.78 Å². The standard InChI is InChI=1S/C33H30F2N4O5/c1-16-8-20-10-21(9-17(2)27(20)37-13-16)30(40)38-14-22(18-4-5-18)24-12-23-29(42-15-32(23,3)31(36)41)28(39-24)19-6-7-25-26(11-19)44-33(34,35)43-25/h6-13,18,22H,4-5,14-15H2,1-3H3,(H2,36,41)(H,38,40)/t22-,32-/m0/s1. The van der Waals surface area contributed by atoms with Crippen LogP contribution in [-0.2, 0) is 10.2 Å². The number of fused-ring (bicyclic) bond motifs is 3. The van der Waals surface area contributed by atoms with Crippen molar-refractivity contribution in [3.63, 3.8) is 0 Å². The lowest BCUT2D eigenvalue weighted by Gasteiger charge is -2.22. The third kappa shape index (κ3) is 4.76. The molecular formula is C33H30F2N4O5. The Hall–Kier alpha value is -4.80. The second kappa shape index (κ2) is 9.87. The average Bonchev–Trinajstić information content (AvgIpc) is 3.67. The van der Waals surface area contributed by atoms with Crippen LogP contribution >= 0.6 is 0 Å². The van der Waals surface area contributed by atoms with Crippen LogP contribution in [0.3, 0.4) is 0 Å². The van der Waals surface area contributed by atoms with Gasteiger partial charge in [-0.25, -0.2) is 4.98 Å². The average molecular weight is 601 g/mol. The molecule has 1 aliphatic carbocycles. The van der Waals surface area contributed by atoms with Gasteiger partial charge in [-0.2, -0.15) is 0 Å². The number of alkyl halides is 2. The first-order chi connectivity index (χ1) is 20.9. The minimum absolute atomic E-state index is 0.0128. The van der Waals surface area contributed by atoms with Gasteiger partial charge >= 0.3 is 6.29 Å². The number of hydrogen-bond acceptors (Lipinski definition) is 7. The van der Waals surface area contributed by atoms with Crippen LogP contribution in [0, 0.1) is 19.8 Å². The first-order valence-electron chi connectivity index (χ1n) is 14.5. The van der Waals surface area contributed by atoms with Crippen molar-refractivity contribution in [3.05, 3.63) is 76.6 Å². The Bertz CT molecular complexity index is 1880. The molecule has 2 aromatic heterocycles. The van der Waals surface area contributed by atoms with E-state index in [2.05, 4.69) is 19.8 Å². The van der Waals surface area contributed by atoms with Gasteiger partial charge in [-0.15, -0.1) is 8.78 Å². The molecule has 11 heteroatoms. The Balaban J connectivity index is 1.25. The molecule has 2 amide bonds. The highest BCUT2D eigenvalue weighted by atomic mass is 19.3. The Kier molecular flexibility index (Phi) is 6.28. The van der Waals surface area contributed by atoms with E-state index in [0.29, 0.717) is 40.4 Å². The molecule has 0 radical (unpaired) electrons. The molecule has 1 saturated carbocycles. The maximum Gasteiger partial charge on any atom is 0.586 e. The minimum Gasteiger partial charge on any atom is -0.489 e. The summed E-state index contributed by atoms with van der Waals surface area (Å²) in [6.07, 6.45) is -0.0532. The molecule has 2 aliphatic heterocycles. The van der Waals surface area contributed by atoms with Crippen molar-refractivity contribution in [2.24, 2.45) is 11.7 Å². The lowest BCUT2D eigenvalue weighted by atomic mass is 9.82. The lowest BCUT2D eigenvalue weighted by Crippen LogP contribution is -2.40. The molecule has 2 atom stereocenters. The molecule has 7 rings (SSSR count). The SMILES string of the molecule is Cc1cnc2c(C)cc(C(=O)NC[C@H](c3cc4c(c(-c5ccc6c(c5)OC(F)(F)O6)n3)OC[C@]4(C)C(N)=O)C3CC3)cc2c1. The van der Waals surface area contributed by atoms with E-state index in [-0.39, 0.29) is 35.8 Å². The van der Waals surface area contributed by atoms with Gasteiger partial charge < -0.3 is 25.3 Å². The van der Waals surface area contributed by atoms with Gasteiger partial charge in [0.25, 0.3) is 5.91 Å². The van der Waals surface area contributed by atoms with Gasteiger partial charge in [0.05, 0.1) is 5.52 Å². The number of rotatable bonds is 7. The molecule has 0 spiro atoms. The lowest BCUT2D eigenvalue weighted by molar-refractivity contribution is -0.286. The fourth-order valence-corrected chi connectivity index (χ4v) is 6.08. The fourth-order valence-electron chi connectivity index (χ4n) is 6.08. The Labute approximate surface area is 251 Å². The van der Waals surface area contributed by atoms with Gasteiger partial charge in [0, 0.05) is 46.4 Å². The molecule has 9 nitrogen and oxygen atoms in total. The van der Waals surface area contributed by atoms with E-state index in [0.717, 1.165) is 34.9 Å². The van der Waals surface area contributed by atoms with Crippen molar-refractivity contribution < 1.29 is 32.6 Å². The summed E-state index contributed by atoms with van der Waals surface area (Å²) in [5, 5.41) is 3.99. The number of pyridine rings is 2. The third-order valence-electron chi connectivity index (χ3n) is 8.74. The first kappa shape index (κ1) is 28.0. The summed E-state index contributed by atoms with van der Waals surface area (Å²) in [5.74, 6) is -0.562. The van der Waals surface area contributed by atoms with Crippen LogP contribution in [0.1, 0.15) is 58.4 Å². The quantitative estimate of drug-likeness (QED) is 0.295. The van der Waals surface area contributed by atoms with E-state index < -0.39 is 17.6 Å². The smallest absolute Gasteiger partial charge is 0.489 e. The van der Waals surface area contributed by atoms with Gasteiger partial charge in [-0.1, -0.05) is 0 Å². The number of nitrogens with two attached hydrogens (primary N) is 1. The Morgan fingerprint density at radius 3 is 2.61 bits per heavy atom. The van der Waals surface area contributed by atoms with E-state index in [1.807, 2.05) is 38.1 Å². The van der Waals surface area contributed by atoms with E-state index >= 15 is 0 Å². The predicted octanol–water partition coefficient (Wildman–Crippen LogP) is 5.29. The maximum atomic E-state index is 13.8. The Morgan fingerprint density at radius 2 is 1.86 bits per heavy atom. The highest BCUT2D eigenvalue weighted by Crippen LogP contribution is 2.50. The van der Waals surface area contributed by atoms with Crippen molar-refractivity contribution in [2.75, 3.05) is 13.2 Å². The van der Waals surface area contributed by atoms with Crippen molar-refractivity contribution >= 4 is 22.7 Å². The van der Waals surface area contributed by atoms with Gasteiger partial charge in [-0.3, -0.25) is 14.6 Å². The number of aromatic nitrogens is 2. The second-order valence-electron chi connectivity index (χ2n) is 12.1. The molecule has 2 aromatic carbocycles. The van der Waals surface area contributed by atoms with Gasteiger partial charge in [0.1, 0.15) is 23.5 Å². The van der Waals surface area contributed by atoms with Crippen LogP contribution < -0.4 is 25.3 Å². The third-order valence-corrected chi connectivity index (χ3v) is 8.74. The number of aryl methyl sites for hydroxylation is 2. The maximum absolute atomic E-state index is 13.8. The zero-order valence-electron chi connectivity index (χ0n) is 24.4. The van der Waals surface area contributed by atoms with E-state index in [9.17, 15) is 18.4 Å². The highest BCUT2D eigenvalue weighted by Gasteiger charge is 2.46. The number of nitrogens with zero attached hydrogens (tertiary/aromatic N) is 2. The number of primary amides is 1. The number of nitrogens with one attached hydrogen (secondary N) is 1. The number of hydrogen-bond donors (Lipinski definition) is 2. The summed E-state index contributed by atoms with van der Waals surface area (Å²) in [5.41, 5.74) is 10.0. The molecule has 4 aromatic rings. The first-order valence-corrected chi connectivity index (χ1v) is 14.5. The molecule has 44 heavy (non-hydrogen) atoms. The van der Waals surface area contributed by atoms with Crippen molar-refractivity contribution in [2.45, 2.75) is 51.2 Å². The van der Waals surface area contributed by atoms with E-state index in [4.69, 9.17) is 15.5 Å². The predicted molar refractivity (Wildman–Crippen MR) is 157 cm³/mol. The monoisotopic (exact) mass is 600 g/mol. The van der Waals surface area contributed by atoms with E-state index in [1.54, 1.807) is 19.2 Å². The summed E-state index contributed by atoms with van der Waals surface area (Å²) in [6, 6.07) is 11.9. The number of halogens is 2. The number of carbonyl (C=O) groups is 2. The highest BCUT2D eigenvalue weighted by molar-refractivity contribution is 5.99. The molecule has 3 N–H and O–H groups in total. The molecule has 0 bridgehead atoms. The van der Waals surface area contributed by atoms with Crippen LogP contribution in [0.5, 0.6) is 17.2 Å². The summed E-state index contributed by atoms with van der Waals surface area (Å²) in [4.78, 5) is 35.5. The number of ether oxygens (including phenoxy) is 3. The zero-order chi connectivity index (χ0) is 31.0. The largest absolute Gasteiger partial charge is 0.586 e. The van der Waals surface area contributed by atoms with Crippen molar-refractivity contribution in [1.82, 2.24) is 15.3 Å². The van der Waals surface area contributed by atoms with Crippen LogP contribution in [-0.4, -0.2) is 41.2 Å². The molecular weight excluding hydrogens is 570 g/mol. The summed E-state index contributed by atoms with van der Waals surface area (Å²) >= 11 is 0. The van der Waals surface area contributed by atoms with Crippen LogP contribution in [0.2, 0.25) is 0 Å². The topological polar surface area (TPSA) is 126 Å². The van der Waals surface area contributed by atoms with E-state index in [1.165, 1.54) is 12.1 Å². The molecule has 3 aliphatic rings. The van der Waals surface area contributed by atoms with Crippen molar-refractivity contribution in [3.8, 4) is 28.5 Å². The molecule has 4 heterocycles. The summed E-state index contributed by atoms with van der Waals surface area (Å²) in [6.45, 7) is 5.92. The number of carbonyl (C=O) groups excluding carboxylic acids is 2. The minimum atomic E-state index is -3.77. The molecule has 0 unspecified atom stereocenters. The molecule has 226 valence electrons. The zero-order valence-corrected chi connectivity index (χ0v) is 24.4. The molecule has 1 fully saturated rings. The normalized spacial score (nSPS) is 20.2. The molecule has 0 saturated heterocycles. The fraction of sp³-hybridized carbons (Fsp3) is 0.333. The Morgan fingerprint density at radius 1 is 1.09 bits per heavy atom. The van der Waals surface area contributed by atoms with Crippen LogP contribution in [0.15, 0.2) is 48.7 Å². The van der Waals surface area contributed by atoms with Crippen LogP contribution in [0.25, 0.3) is 22.2 Å². The number of benzene rings is 2. The van der Waals surface area contributed by atoms with Crippen molar-refractivity contribution in [1.29, 1.82) is 0 Å². The summed E-state index contributed by atoms with van der Waals surface area (Å²) in [7, 11) is 0. The number of amides is 2.